The largest absolute Gasteiger partial charge is 0.393 e. The number of aryl methyl sites for hydroxylation is 1. The number of fused-ring (bicyclic) bond motifs is 1. The number of pyridine rings is 1. The third-order valence-corrected chi connectivity index (χ3v) is 4.76. The van der Waals surface area contributed by atoms with Gasteiger partial charge in [0.25, 0.3) is 0 Å². The Morgan fingerprint density at radius 3 is 2.70 bits per heavy atom. The van der Waals surface area contributed by atoms with Crippen LogP contribution in [0.4, 0.5) is 0 Å². The zero-order valence-electron chi connectivity index (χ0n) is 15.2. The summed E-state index contributed by atoms with van der Waals surface area (Å²) in [6.07, 6.45) is 7.30. The average Bonchev–Trinajstić information content (AvgIpc) is 3.10. The van der Waals surface area contributed by atoms with Crippen LogP contribution < -0.4 is 0 Å². The first-order chi connectivity index (χ1) is 13.1. The number of benzene rings is 1. The number of hydrazone groups is 1. The van der Waals surface area contributed by atoms with Crippen LogP contribution in [-0.2, 0) is 6.54 Å². The highest BCUT2D eigenvalue weighted by molar-refractivity contribution is 6.11. The van der Waals surface area contributed by atoms with E-state index in [2.05, 4.69) is 53.6 Å². The van der Waals surface area contributed by atoms with Gasteiger partial charge in [0.1, 0.15) is 17.7 Å². The molecule has 5 heteroatoms. The van der Waals surface area contributed by atoms with E-state index in [1.807, 2.05) is 29.0 Å². The topological polar surface area (TPSA) is 68.7 Å². The molecule has 0 saturated heterocycles. The minimum atomic E-state index is -0.960. The van der Waals surface area contributed by atoms with Gasteiger partial charge in [-0.2, -0.15) is 0 Å². The molecule has 27 heavy (non-hydrogen) atoms. The fraction of sp³-hybridized carbons (Fsp3) is 0.227. The number of rotatable bonds is 5. The Bertz CT molecular complexity index is 971. The molecular weight excluding hydrogens is 338 g/mol. The Morgan fingerprint density at radius 1 is 1.11 bits per heavy atom. The van der Waals surface area contributed by atoms with Crippen molar-refractivity contribution in [2.75, 3.05) is 6.61 Å². The molecule has 1 aliphatic heterocycles. The number of hydrogen-bond donors (Lipinski definition) is 2. The van der Waals surface area contributed by atoms with Crippen LogP contribution in [0, 0.1) is 12.8 Å². The molecule has 2 atom stereocenters. The van der Waals surface area contributed by atoms with Crippen molar-refractivity contribution in [3.63, 3.8) is 0 Å². The summed E-state index contributed by atoms with van der Waals surface area (Å²) in [4.78, 5) is 4.48. The molecule has 0 saturated carbocycles. The van der Waals surface area contributed by atoms with Crippen LogP contribution in [0.2, 0.25) is 0 Å². The van der Waals surface area contributed by atoms with Gasteiger partial charge in [0.15, 0.2) is 12.8 Å². The van der Waals surface area contributed by atoms with E-state index < -0.39 is 6.10 Å². The summed E-state index contributed by atoms with van der Waals surface area (Å²) in [6.45, 7) is 2.49. The molecule has 1 aliphatic carbocycles. The summed E-state index contributed by atoms with van der Waals surface area (Å²) in [7, 11) is 0. The third-order valence-electron chi connectivity index (χ3n) is 4.76. The van der Waals surface area contributed by atoms with E-state index in [1.54, 1.807) is 6.07 Å². The van der Waals surface area contributed by atoms with E-state index in [4.69, 9.17) is 5.11 Å². The first-order valence-corrected chi connectivity index (χ1v) is 9.04. The van der Waals surface area contributed by atoms with Crippen LogP contribution >= 0.6 is 0 Å². The Kier molecular flexibility index (Phi) is 4.79. The minimum absolute atomic E-state index is 0.115. The van der Waals surface area contributed by atoms with Gasteiger partial charge < -0.3 is 10.2 Å². The van der Waals surface area contributed by atoms with Gasteiger partial charge in [-0.15, -0.1) is 0 Å². The first kappa shape index (κ1) is 17.5. The molecule has 5 nitrogen and oxygen atoms in total. The van der Waals surface area contributed by atoms with Gasteiger partial charge in [-0.1, -0.05) is 52.7 Å². The Morgan fingerprint density at radius 2 is 1.93 bits per heavy atom. The zero-order valence-corrected chi connectivity index (χ0v) is 15.2. The molecule has 2 heterocycles. The first-order valence-electron chi connectivity index (χ1n) is 9.04. The smallest absolute Gasteiger partial charge is 0.199 e. The van der Waals surface area contributed by atoms with Gasteiger partial charge in [0.2, 0.25) is 0 Å². The summed E-state index contributed by atoms with van der Waals surface area (Å²) < 4.78 is 1.98. The summed E-state index contributed by atoms with van der Waals surface area (Å²) in [6, 6.07) is 14.0. The Balaban J connectivity index is 1.55. The third kappa shape index (κ3) is 3.79. The van der Waals surface area contributed by atoms with Crippen molar-refractivity contribution in [1.82, 2.24) is 4.98 Å². The highest BCUT2D eigenvalue weighted by Crippen LogP contribution is 2.25. The fourth-order valence-corrected chi connectivity index (χ4v) is 3.24. The lowest BCUT2D eigenvalue weighted by molar-refractivity contribution is -0.542. The summed E-state index contributed by atoms with van der Waals surface area (Å²) >= 11 is 0. The second-order valence-electron chi connectivity index (χ2n) is 6.88. The average molecular weight is 360 g/mol. The number of nitrogens with zero attached hydrogens (tertiary/aromatic N) is 3. The van der Waals surface area contributed by atoms with Crippen LogP contribution in [-0.4, -0.2) is 38.4 Å². The number of aliphatic hydroxyl groups is 2. The van der Waals surface area contributed by atoms with E-state index in [-0.39, 0.29) is 12.5 Å². The van der Waals surface area contributed by atoms with Crippen LogP contribution in [0.15, 0.2) is 65.8 Å². The highest BCUT2D eigenvalue weighted by atomic mass is 16.3. The van der Waals surface area contributed by atoms with Crippen molar-refractivity contribution in [2.45, 2.75) is 19.6 Å². The van der Waals surface area contributed by atoms with Gasteiger partial charge in [-0.05, 0) is 35.8 Å². The molecule has 4 rings (SSSR count). The molecule has 2 aromatic rings. The molecule has 0 bridgehead atoms. The quantitative estimate of drug-likeness (QED) is 0.806. The molecule has 2 N–H and O–H groups in total. The van der Waals surface area contributed by atoms with Crippen molar-refractivity contribution in [2.24, 2.45) is 11.0 Å². The monoisotopic (exact) mass is 360 g/mol. The molecule has 0 radical (unpaired) electrons. The van der Waals surface area contributed by atoms with Gasteiger partial charge in [-0.25, -0.2) is 4.98 Å². The summed E-state index contributed by atoms with van der Waals surface area (Å²) in [5.41, 5.74) is 5.72. The van der Waals surface area contributed by atoms with Gasteiger partial charge >= 0.3 is 0 Å². The molecule has 0 spiro atoms. The lowest BCUT2D eigenvalue weighted by Crippen LogP contribution is -2.12. The molecule has 1 aromatic carbocycles. The van der Waals surface area contributed by atoms with Crippen molar-refractivity contribution >= 4 is 17.5 Å². The van der Waals surface area contributed by atoms with E-state index in [0.717, 1.165) is 23.5 Å². The van der Waals surface area contributed by atoms with E-state index in [1.165, 1.54) is 11.1 Å². The van der Waals surface area contributed by atoms with Crippen molar-refractivity contribution < 1.29 is 14.9 Å². The molecule has 136 valence electrons. The maximum Gasteiger partial charge on any atom is 0.199 e. The number of aromatic nitrogens is 1. The van der Waals surface area contributed by atoms with Crippen molar-refractivity contribution in [3.8, 4) is 0 Å². The molecule has 0 fully saturated rings. The van der Waals surface area contributed by atoms with Crippen LogP contribution in [0.5, 0.6) is 0 Å². The molecule has 1 aromatic heterocycles. The predicted octanol–water partition coefficient (Wildman–Crippen LogP) is 2.64. The van der Waals surface area contributed by atoms with Gasteiger partial charge in [-0.3, -0.25) is 0 Å². The van der Waals surface area contributed by atoms with E-state index >= 15 is 0 Å². The molecule has 0 amide bonds. The second kappa shape index (κ2) is 7.39. The molecular formula is C22H22N3O2+. The van der Waals surface area contributed by atoms with Crippen molar-refractivity contribution in [1.29, 1.82) is 0 Å². The number of allylic oxidation sites excluding steroid dienone is 4. The Hall–Kier alpha value is -2.89. The molecule has 2 aliphatic rings. The SMILES string of the molecule is Cc1ccc(C[N+]2=CC3C=C(c4cccc([C@H](O)CO)n4)C=CC3=N2)cc1. The summed E-state index contributed by atoms with van der Waals surface area (Å²) in [5.74, 6) is 0.115. The highest BCUT2D eigenvalue weighted by Gasteiger charge is 2.28. The molecule has 1 unspecified atom stereocenters. The van der Waals surface area contributed by atoms with Gasteiger partial charge in [0.05, 0.1) is 18.0 Å². The lowest BCUT2D eigenvalue weighted by Gasteiger charge is -2.12. The van der Waals surface area contributed by atoms with E-state index in [9.17, 15) is 5.11 Å². The second-order valence-corrected chi connectivity index (χ2v) is 6.88. The standard InChI is InChI=1S/C22H22N3O2/c1-15-5-7-16(8-6-15)12-25-13-18-11-17(9-10-20(18)24-25)19-3-2-4-21(23-19)22(27)14-26/h2-11,13,18,22,26-27H,12,14H2,1H3/q+1/t18?,22-/m1/s1. The normalized spacial score (nSPS) is 19.2. The number of hydrogen-bond acceptors (Lipinski definition) is 4. The zero-order chi connectivity index (χ0) is 18.8. The Labute approximate surface area is 158 Å². The van der Waals surface area contributed by atoms with Crippen LogP contribution in [0.1, 0.15) is 28.6 Å². The fourth-order valence-electron chi connectivity index (χ4n) is 3.24. The van der Waals surface area contributed by atoms with Crippen LogP contribution in [0.3, 0.4) is 0 Å². The summed E-state index contributed by atoms with van der Waals surface area (Å²) in [5, 5.41) is 23.6. The van der Waals surface area contributed by atoms with Crippen molar-refractivity contribution in [3.05, 3.63) is 83.2 Å². The minimum Gasteiger partial charge on any atom is -0.393 e. The maximum absolute atomic E-state index is 9.81. The van der Waals surface area contributed by atoms with Crippen LogP contribution in [0.25, 0.3) is 5.57 Å². The maximum atomic E-state index is 9.81. The lowest BCUT2D eigenvalue weighted by atomic mass is 9.94. The van der Waals surface area contributed by atoms with Gasteiger partial charge in [0, 0.05) is 5.56 Å². The number of aliphatic hydroxyl groups excluding tert-OH is 2. The van der Waals surface area contributed by atoms with E-state index in [0.29, 0.717) is 5.69 Å². The predicted molar refractivity (Wildman–Crippen MR) is 106 cm³/mol.